The van der Waals surface area contributed by atoms with Gasteiger partial charge in [-0.2, -0.15) is 0 Å². The van der Waals surface area contributed by atoms with Crippen LogP contribution in [0.2, 0.25) is 0 Å². The van der Waals surface area contributed by atoms with Gasteiger partial charge in [-0.3, -0.25) is 0 Å². The molecule has 0 bridgehead atoms. The van der Waals surface area contributed by atoms with Crippen molar-refractivity contribution < 1.29 is 5.11 Å². The van der Waals surface area contributed by atoms with Crippen LogP contribution in [0.25, 0.3) is 21.5 Å². The second kappa shape index (κ2) is 5.28. The molecular formula is C21H16O. The zero-order valence-electron chi connectivity index (χ0n) is 12.1. The van der Waals surface area contributed by atoms with Crippen molar-refractivity contribution in [3.63, 3.8) is 0 Å². The molecule has 0 fully saturated rings. The van der Waals surface area contributed by atoms with Crippen LogP contribution >= 0.6 is 0 Å². The molecule has 4 aromatic rings. The second-order valence-electron chi connectivity index (χ2n) is 5.55. The Balaban J connectivity index is 2.08. The maximum absolute atomic E-state index is 11.0. The lowest BCUT2D eigenvalue weighted by molar-refractivity contribution is 0.223. The van der Waals surface area contributed by atoms with E-state index in [0.29, 0.717) is 0 Å². The van der Waals surface area contributed by atoms with Crippen LogP contribution in [0.15, 0.2) is 84.9 Å². The Hall–Kier alpha value is -2.64. The third-order valence-corrected chi connectivity index (χ3v) is 4.20. The number of hydrogen-bond donors (Lipinski definition) is 1. The molecule has 106 valence electrons. The number of aliphatic hydroxyl groups is 1. The number of hydrogen-bond acceptors (Lipinski definition) is 1. The van der Waals surface area contributed by atoms with E-state index in [-0.39, 0.29) is 0 Å². The van der Waals surface area contributed by atoms with Gasteiger partial charge in [0.25, 0.3) is 0 Å². The van der Waals surface area contributed by atoms with Crippen molar-refractivity contribution in [3.05, 3.63) is 96.1 Å². The van der Waals surface area contributed by atoms with Gasteiger partial charge < -0.3 is 5.11 Å². The fourth-order valence-corrected chi connectivity index (χ4v) is 3.15. The van der Waals surface area contributed by atoms with E-state index in [4.69, 9.17) is 0 Å². The van der Waals surface area contributed by atoms with Gasteiger partial charge in [-0.1, -0.05) is 78.9 Å². The summed E-state index contributed by atoms with van der Waals surface area (Å²) in [6, 6.07) is 28.5. The molecule has 0 aliphatic carbocycles. The first-order valence-corrected chi connectivity index (χ1v) is 7.48. The number of benzene rings is 4. The molecule has 0 saturated carbocycles. The van der Waals surface area contributed by atoms with Crippen LogP contribution in [0.4, 0.5) is 0 Å². The molecule has 0 aromatic heterocycles. The Morgan fingerprint density at radius 1 is 0.591 bits per heavy atom. The molecule has 0 heterocycles. The molecule has 1 atom stereocenters. The van der Waals surface area contributed by atoms with E-state index in [2.05, 4.69) is 30.3 Å². The van der Waals surface area contributed by atoms with Crippen molar-refractivity contribution in [3.8, 4) is 0 Å². The Morgan fingerprint density at radius 2 is 1.09 bits per heavy atom. The highest BCUT2D eigenvalue weighted by atomic mass is 16.3. The number of fused-ring (bicyclic) bond motifs is 2. The Labute approximate surface area is 129 Å². The lowest BCUT2D eigenvalue weighted by Crippen LogP contribution is -2.01. The summed E-state index contributed by atoms with van der Waals surface area (Å²) in [6.07, 6.45) is -0.628. The average Bonchev–Trinajstić information content (AvgIpc) is 2.60. The Kier molecular flexibility index (Phi) is 3.14. The Bertz CT molecular complexity index is 887. The van der Waals surface area contributed by atoms with Gasteiger partial charge in [0, 0.05) is 5.56 Å². The first-order chi connectivity index (χ1) is 10.8. The van der Waals surface area contributed by atoms with Crippen molar-refractivity contribution >= 4 is 21.5 Å². The standard InChI is InChI=1S/C21H16O/c22-21(15-8-2-1-3-9-15)20-18-12-6-4-10-16(18)14-17-11-5-7-13-19(17)20/h1-14,21-22H. The fourth-order valence-electron chi connectivity index (χ4n) is 3.15. The maximum Gasteiger partial charge on any atom is 0.105 e. The predicted molar refractivity (Wildman–Crippen MR) is 92.0 cm³/mol. The normalized spacial score (nSPS) is 12.6. The summed E-state index contributed by atoms with van der Waals surface area (Å²) in [5.74, 6) is 0. The van der Waals surface area contributed by atoms with Gasteiger partial charge in [-0.05, 0) is 33.2 Å². The molecule has 0 radical (unpaired) electrons. The maximum atomic E-state index is 11.0. The molecule has 0 saturated heterocycles. The van der Waals surface area contributed by atoms with Gasteiger partial charge >= 0.3 is 0 Å². The van der Waals surface area contributed by atoms with Crippen LogP contribution in [0.1, 0.15) is 17.2 Å². The summed E-state index contributed by atoms with van der Waals surface area (Å²) in [6.45, 7) is 0. The summed E-state index contributed by atoms with van der Waals surface area (Å²) < 4.78 is 0. The fraction of sp³-hybridized carbons (Fsp3) is 0.0476. The average molecular weight is 284 g/mol. The number of rotatable bonds is 2. The monoisotopic (exact) mass is 284 g/mol. The molecule has 4 rings (SSSR count). The molecule has 1 N–H and O–H groups in total. The predicted octanol–water partition coefficient (Wildman–Crippen LogP) is 5.07. The van der Waals surface area contributed by atoms with Gasteiger partial charge in [0.1, 0.15) is 6.10 Å². The van der Waals surface area contributed by atoms with E-state index in [1.54, 1.807) is 0 Å². The van der Waals surface area contributed by atoms with Crippen LogP contribution < -0.4 is 0 Å². The third-order valence-electron chi connectivity index (χ3n) is 4.20. The topological polar surface area (TPSA) is 20.2 Å². The molecule has 4 aromatic carbocycles. The van der Waals surface area contributed by atoms with Crippen LogP contribution in [-0.4, -0.2) is 5.11 Å². The van der Waals surface area contributed by atoms with Crippen LogP contribution in [0.5, 0.6) is 0 Å². The van der Waals surface area contributed by atoms with E-state index in [0.717, 1.165) is 32.7 Å². The van der Waals surface area contributed by atoms with Crippen LogP contribution in [-0.2, 0) is 0 Å². The van der Waals surface area contributed by atoms with Crippen molar-refractivity contribution in [1.29, 1.82) is 0 Å². The van der Waals surface area contributed by atoms with E-state index < -0.39 is 6.10 Å². The highest BCUT2D eigenvalue weighted by molar-refractivity contribution is 6.02. The summed E-state index contributed by atoms with van der Waals surface area (Å²) in [7, 11) is 0. The highest BCUT2D eigenvalue weighted by Crippen LogP contribution is 2.35. The first kappa shape index (κ1) is 13.1. The highest BCUT2D eigenvalue weighted by Gasteiger charge is 2.16. The summed E-state index contributed by atoms with van der Waals surface area (Å²) >= 11 is 0. The third kappa shape index (κ3) is 2.07. The molecule has 0 aliphatic rings. The molecule has 0 aliphatic heterocycles. The lowest BCUT2D eigenvalue weighted by Gasteiger charge is -2.17. The summed E-state index contributed by atoms with van der Waals surface area (Å²) in [4.78, 5) is 0. The largest absolute Gasteiger partial charge is 0.384 e. The van der Waals surface area contributed by atoms with E-state index in [1.165, 1.54) is 0 Å². The molecule has 1 unspecified atom stereocenters. The van der Waals surface area contributed by atoms with Gasteiger partial charge in [-0.15, -0.1) is 0 Å². The quantitative estimate of drug-likeness (QED) is 0.509. The molecule has 1 nitrogen and oxygen atoms in total. The van der Waals surface area contributed by atoms with Gasteiger partial charge in [-0.25, -0.2) is 0 Å². The van der Waals surface area contributed by atoms with Gasteiger partial charge in [0.15, 0.2) is 0 Å². The smallest absolute Gasteiger partial charge is 0.105 e. The van der Waals surface area contributed by atoms with Crippen LogP contribution in [0, 0.1) is 0 Å². The lowest BCUT2D eigenvalue weighted by atomic mass is 9.90. The Morgan fingerprint density at radius 3 is 1.68 bits per heavy atom. The van der Waals surface area contributed by atoms with E-state index >= 15 is 0 Å². The SMILES string of the molecule is OC(c1ccccc1)c1c2ccccc2cc2ccccc12. The van der Waals surface area contributed by atoms with Crippen molar-refractivity contribution in [2.45, 2.75) is 6.10 Å². The van der Waals surface area contributed by atoms with Crippen molar-refractivity contribution in [1.82, 2.24) is 0 Å². The zero-order valence-corrected chi connectivity index (χ0v) is 12.1. The first-order valence-electron chi connectivity index (χ1n) is 7.48. The van der Waals surface area contributed by atoms with E-state index in [1.807, 2.05) is 54.6 Å². The van der Waals surface area contributed by atoms with Crippen LogP contribution in [0.3, 0.4) is 0 Å². The van der Waals surface area contributed by atoms with Gasteiger partial charge in [0.05, 0.1) is 0 Å². The molecule has 22 heavy (non-hydrogen) atoms. The minimum atomic E-state index is -0.628. The number of aliphatic hydroxyl groups excluding tert-OH is 1. The molecular weight excluding hydrogens is 268 g/mol. The van der Waals surface area contributed by atoms with Gasteiger partial charge in [0.2, 0.25) is 0 Å². The van der Waals surface area contributed by atoms with Crippen molar-refractivity contribution in [2.24, 2.45) is 0 Å². The summed E-state index contributed by atoms with van der Waals surface area (Å²) in [5, 5.41) is 15.5. The minimum absolute atomic E-state index is 0.628. The molecule has 1 heteroatoms. The van der Waals surface area contributed by atoms with E-state index in [9.17, 15) is 5.11 Å². The van der Waals surface area contributed by atoms with Crippen molar-refractivity contribution in [2.75, 3.05) is 0 Å². The molecule has 0 spiro atoms. The summed E-state index contributed by atoms with van der Waals surface area (Å²) in [5.41, 5.74) is 1.91. The molecule has 0 amide bonds. The second-order valence-corrected chi connectivity index (χ2v) is 5.55. The minimum Gasteiger partial charge on any atom is -0.384 e. The zero-order chi connectivity index (χ0) is 14.9.